The first-order chi connectivity index (χ1) is 17.1. The molecule has 0 saturated heterocycles. The molecule has 0 atom stereocenters. The summed E-state index contributed by atoms with van der Waals surface area (Å²) in [6.07, 6.45) is -0.990. The van der Waals surface area contributed by atoms with Crippen molar-refractivity contribution in [1.29, 1.82) is 0 Å². The number of ether oxygens (including phenoxy) is 1. The maximum Gasteiger partial charge on any atom is 0.416 e. The van der Waals surface area contributed by atoms with Crippen LogP contribution in [0.2, 0.25) is 0 Å². The molecule has 0 unspecified atom stereocenters. The van der Waals surface area contributed by atoms with Gasteiger partial charge < -0.3 is 10.1 Å². The molecule has 0 fully saturated rings. The smallest absolute Gasteiger partial charge is 0.416 e. The van der Waals surface area contributed by atoms with Gasteiger partial charge >= 0.3 is 6.18 Å². The number of carbonyl (C=O) groups excluding carboxylic acids is 2. The van der Waals surface area contributed by atoms with Gasteiger partial charge in [-0.15, -0.1) is 0 Å². The second kappa shape index (κ2) is 10.2. The minimum Gasteiger partial charge on any atom is -0.438 e. The largest absolute Gasteiger partial charge is 0.438 e. The lowest BCUT2D eigenvalue weighted by molar-refractivity contribution is -0.137. The molecule has 2 aromatic carbocycles. The molecule has 0 aliphatic carbocycles. The van der Waals surface area contributed by atoms with E-state index >= 15 is 0 Å². The van der Waals surface area contributed by atoms with E-state index in [1.54, 1.807) is 36.5 Å². The summed E-state index contributed by atoms with van der Waals surface area (Å²) >= 11 is 0. The van der Waals surface area contributed by atoms with Gasteiger partial charge in [0, 0.05) is 24.2 Å². The van der Waals surface area contributed by atoms with Gasteiger partial charge in [0.05, 0.1) is 10.9 Å². The maximum absolute atomic E-state index is 12.7. The summed E-state index contributed by atoms with van der Waals surface area (Å²) < 4.78 is 45.3. The van der Waals surface area contributed by atoms with Crippen molar-refractivity contribution >= 4 is 28.5 Å². The minimum absolute atomic E-state index is 0.0898. The molecule has 0 radical (unpaired) electrons. The number of nitrogens with zero attached hydrogens (tertiary/aromatic N) is 3. The third-order valence-electron chi connectivity index (χ3n) is 5.45. The lowest BCUT2D eigenvalue weighted by Crippen LogP contribution is -2.16. The fraction of sp³-hybridized carbons (Fsp3) is 0.231. The van der Waals surface area contributed by atoms with Gasteiger partial charge in [-0.2, -0.15) is 13.2 Å². The number of nitrogens with one attached hydrogen (secondary N) is 1. The molecule has 0 aliphatic heterocycles. The predicted molar refractivity (Wildman–Crippen MR) is 128 cm³/mol. The van der Waals surface area contributed by atoms with Crippen LogP contribution in [0.3, 0.4) is 0 Å². The van der Waals surface area contributed by atoms with Crippen molar-refractivity contribution < 1.29 is 27.5 Å². The Hall–Kier alpha value is -4.21. The molecule has 0 aliphatic rings. The average Bonchev–Trinajstić information content (AvgIpc) is 3.28. The van der Waals surface area contributed by atoms with Gasteiger partial charge in [-0.3, -0.25) is 14.2 Å². The number of carbonyl (C=O) groups is 2. The Morgan fingerprint density at radius 3 is 2.33 bits per heavy atom. The van der Waals surface area contributed by atoms with E-state index in [1.165, 1.54) is 23.0 Å². The number of alkyl halides is 3. The molecule has 4 rings (SSSR count). The Labute approximate surface area is 204 Å². The molecule has 0 bridgehead atoms. The van der Waals surface area contributed by atoms with Gasteiger partial charge in [0.15, 0.2) is 5.65 Å². The molecule has 1 amide bonds. The van der Waals surface area contributed by atoms with Crippen LogP contribution in [0.5, 0.6) is 11.6 Å². The Kier molecular flexibility index (Phi) is 7.05. The van der Waals surface area contributed by atoms with E-state index in [0.29, 0.717) is 40.3 Å². The zero-order valence-electron chi connectivity index (χ0n) is 19.5. The third-order valence-corrected chi connectivity index (χ3v) is 5.45. The molecular weight excluding hydrogens is 473 g/mol. The molecule has 4 aromatic rings. The van der Waals surface area contributed by atoms with Crippen molar-refractivity contribution in [3.63, 3.8) is 0 Å². The lowest BCUT2D eigenvalue weighted by atomic mass is 10.1. The number of rotatable bonds is 7. The molecule has 0 saturated carbocycles. The molecule has 0 spiro atoms. The van der Waals surface area contributed by atoms with Crippen LogP contribution in [0.1, 0.15) is 36.2 Å². The normalized spacial score (nSPS) is 11.6. The summed E-state index contributed by atoms with van der Waals surface area (Å²) in [6.45, 7) is 3.61. The van der Waals surface area contributed by atoms with Crippen LogP contribution in [-0.2, 0) is 17.4 Å². The molecule has 2 heterocycles. The van der Waals surface area contributed by atoms with Crippen LogP contribution in [-0.4, -0.2) is 26.3 Å². The van der Waals surface area contributed by atoms with Crippen molar-refractivity contribution in [3.05, 3.63) is 78.2 Å². The lowest BCUT2D eigenvalue weighted by Gasteiger charge is -2.10. The van der Waals surface area contributed by atoms with Gasteiger partial charge in [0.1, 0.15) is 12.1 Å². The number of benzene rings is 2. The van der Waals surface area contributed by atoms with E-state index in [1.807, 2.05) is 13.8 Å². The van der Waals surface area contributed by atoms with E-state index in [2.05, 4.69) is 15.3 Å². The second-order valence-electron chi connectivity index (χ2n) is 8.46. The number of aromatic nitrogens is 3. The molecule has 2 aromatic heterocycles. The second-order valence-corrected chi connectivity index (χ2v) is 8.46. The molecule has 186 valence electrons. The summed E-state index contributed by atoms with van der Waals surface area (Å²) in [4.78, 5) is 33.0. The van der Waals surface area contributed by atoms with Crippen molar-refractivity contribution in [2.75, 3.05) is 5.32 Å². The fourth-order valence-electron chi connectivity index (χ4n) is 3.53. The van der Waals surface area contributed by atoms with Crippen LogP contribution in [0.4, 0.5) is 18.9 Å². The fourth-order valence-corrected chi connectivity index (χ4v) is 3.53. The number of anilines is 1. The van der Waals surface area contributed by atoms with Crippen molar-refractivity contribution in [2.24, 2.45) is 5.92 Å². The van der Waals surface area contributed by atoms with Gasteiger partial charge in [-0.05, 0) is 54.4 Å². The highest BCUT2D eigenvalue weighted by Crippen LogP contribution is 2.30. The van der Waals surface area contributed by atoms with E-state index < -0.39 is 11.7 Å². The molecule has 36 heavy (non-hydrogen) atoms. The predicted octanol–water partition coefficient (Wildman–Crippen LogP) is 6.11. The minimum atomic E-state index is -4.39. The van der Waals surface area contributed by atoms with Gasteiger partial charge in [0.25, 0.3) is 0 Å². The van der Waals surface area contributed by atoms with Gasteiger partial charge in [-0.1, -0.05) is 26.0 Å². The molecule has 10 heteroatoms. The van der Waals surface area contributed by atoms with Crippen molar-refractivity contribution in [1.82, 2.24) is 14.5 Å². The molecular formula is C26H23F3N4O3. The molecule has 7 nitrogen and oxygen atoms in total. The Balaban J connectivity index is 1.36. The van der Waals surface area contributed by atoms with E-state index in [9.17, 15) is 22.8 Å². The maximum atomic E-state index is 12.7. The third kappa shape index (κ3) is 5.70. The number of aryl methyl sites for hydroxylation is 1. The van der Waals surface area contributed by atoms with Crippen LogP contribution in [0.25, 0.3) is 11.0 Å². The summed E-state index contributed by atoms with van der Waals surface area (Å²) in [5.74, 6) is 0.215. The summed E-state index contributed by atoms with van der Waals surface area (Å²) in [5.41, 5.74) is 0.918. The molecule has 1 N–H and O–H groups in total. The Morgan fingerprint density at radius 2 is 1.69 bits per heavy atom. The van der Waals surface area contributed by atoms with Crippen LogP contribution >= 0.6 is 0 Å². The zero-order valence-corrected chi connectivity index (χ0v) is 19.5. The standard InChI is InChI=1S/C26H23F3N4O3/c1-16(2)25(35)33-14-13-21-23(33)30-15-31-24(21)36-20-10-8-19(9-11-20)32-22(34)12-5-17-3-6-18(7-4-17)26(27,28)29/h3-4,6-11,13-16H,5,12H2,1-2H3,(H,32,34). The van der Waals surface area contributed by atoms with E-state index in [-0.39, 0.29) is 24.2 Å². The highest BCUT2D eigenvalue weighted by atomic mass is 19.4. The van der Waals surface area contributed by atoms with Crippen molar-refractivity contribution in [3.8, 4) is 11.6 Å². The first-order valence-corrected chi connectivity index (χ1v) is 11.2. The van der Waals surface area contributed by atoms with Crippen LogP contribution < -0.4 is 10.1 Å². The monoisotopic (exact) mass is 496 g/mol. The average molecular weight is 496 g/mol. The summed E-state index contributed by atoms with van der Waals surface area (Å²) in [7, 11) is 0. The van der Waals surface area contributed by atoms with E-state index in [4.69, 9.17) is 4.74 Å². The first kappa shape index (κ1) is 24.9. The number of halogens is 3. The highest BCUT2D eigenvalue weighted by Gasteiger charge is 2.29. The zero-order chi connectivity index (χ0) is 25.9. The number of hydrogen-bond donors (Lipinski definition) is 1. The SMILES string of the molecule is CC(C)C(=O)n1ccc2c(Oc3ccc(NC(=O)CCc4ccc(C(F)(F)F)cc4)cc3)ncnc21. The van der Waals surface area contributed by atoms with Crippen LogP contribution in [0.15, 0.2) is 67.1 Å². The highest BCUT2D eigenvalue weighted by molar-refractivity contribution is 5.93. The number of hydrogen-bond acceptors (Lipinski definition) is 5. The van der Waals surface area contributed by atoms with Gasteiger partial charge in [-0.25, -0.2) is 9.97 Å². The summed E-state index contributed by atoms with van der Waals surface area (Å²) in [5, 5.41) is 3.34. The first-order valence-electron chi connectivity index (χ1n) is 11.2. The quantitative estimate of drug-likeness (QED) is 0.334. The van der Waals surface area contributed by atoms with Gasteiger partial charge in [0.2, 0.25) is 17.7 Å². The topological polar surface area (TPSA) is 86.1 Å². The number of amides is 1. The van der Waals surface area contributed by atoms with E-state index in [0.717, 1.165) is 12.1 Å². The summed E-state index contributed by atoms with van der Waals surface area (Å²) in [6, 6.07) is 13.1. The number of fused-ring (bicyclic) bond motifs is 1. The van der Waals surface area contributed by atoms with Crippen LogP contribution in [0, 0.1) is 5.92 Å². The Bertz CT molecular complexity index is 1380. The Morgan fingerprint density at radius 1 is 1.00 bits per heavy atom. The van der Waals surface area contributed by atoms with Crippen molar-refractivity contribution in [2.45, 2.75) is 32.9 Å².